The number of hydrogen-bond donors (Lipinski definition) is 2. The third kappa shape index (κ3) is 53.9. The van der Waals surface area contributed by atoms with Crippen LogP contribution in [0.5, 0.6) is 0 Å². The Morgan fingerprint density at radius 2 is 1.02 bits per heavy atom. The zero-order valence-electron chi connectivity index (χ0n) is 32.3. The average molecular weight is 789 g/mol. The van der Waals surface area contributed by atoms with E-state index in [9.17, 15) is 31.3 Å². The molecule has 0 aromatic rings. The van der Waals surface area contributed by atoms with E-state index in [1.54, 1.807) is 6.08 Å². The molecular weight excluding hydrogens is 717 g/mol. The predicted octanol–water partition coefficient (Wildman–Crippen LogP) is 8.19. The minimum Gasteiger partial charge on any atom is -0.859 e. The Balaban J connectivity index is -0.000000886. The molecule has 0 atom stereocenters. The summed E-state index contributed by atoms with van der Waals surface area (Å²) in [6.07, 6.45) is 36.3. The van der Waals surface area contributed by atoms with Crippen LogP contribution in [0, 0.1) is 0 Å². The first-order valence-electron chi connectivity index (χ1n) is 19.6. The van der Waals surface area contributed by atoms with Crippen molar-refractivity contribution >= 4 is 69.8 Å². The van der Waals surface area contributed by atoms with Crippen molar-refractivity contribution in [2.75, 3.05) is 24.6 Å². The van der Waals surface area contributed by atoms with Gasteiger partial charge in [-0.05, 0) is 63.3 Å². The molecule has 51 heavy (non-hydrogen) atoms. The quantitative estimate of drug-likeness (QED) is 0.0164. The molecule has 0 saturated carbocycles. The van der Waals surface area contributed by atoms with Crippen LogP contribution in [0.2, 0.25) is 0 Å². The van der Waals surface area contributed by atoms with Gasteiger partial charge in [0, 0.05) is 18.8 Å². The summed E-state index contributed by atoms with van der Waals surface area (Å²) in [6.45, 7) is 5.18. The van der Waals surface area contributed by atoms with E-state index in [1.807, 2.05) is 12.2 Å². The third-order valence-corrected chi connectivity index (χ3v) is 9.77. The molecule has 0 unspecified atom stereocenters. The second-order valence-electron chi connectivity index (χ2n) is 13.2. The van der Waals surface area contributed by atoms with E-state index in [-0.39, 0.29) is 74.0 Å². The van der Waals surface area contributed by atoms with Gasteiger partial charge in [-0.25, -0.2) is 8.42 Å². The Labute approximate surface area is 343 Å². The number of hydrogen-bond acceptors (Lipinski definition) is 8. The number of allylic oxidation sites excluding steroid dienone is 2. The molecule has 0 heterocycles. The van der Waals surface area contributed by atoms with Gasteiger partial charge < -0.3 is 20.0 Å². The van der Waals surface area contributed by atoms with E-state index in [2.05, 4.69) is 24.2 Å². The van der Waals surface area contributed by atoms with Gasteiger partial charge in [0.15, 0.2) is 0 Å². The Hall–Kier alpha value is -0.500. The van der Waals surface area contributed by atoms with Crippen LogP contribution in [-0.4, -0.2) is 100 Å². The normalized spacial score (nSPS) is 12.2. The van der Waals surface area contributed by atoms with E-state index in [1.165, 1.54) is 122 Å². The zero-order valence-corrected chi connectivity index (χ0v) is 36.1. The minimum atomic E-state index is -4.15. The van der Waals surface area contributed by atoms with Crippen molar-refractivity contribution in [3.05, 3.63) is 24.3 Å². The van der Waals surface area contributed by atoms with Crippen LogP contribution in [0.15, 0.2) is 29.3 Å². The molecular formula is C38H72CaN2O8S2. The molecule has 0 aliphatic carbocycles. The van der Waals surface area contributed by atoms with E-state index in [0.717, 1.165) is 25.7 Å². The van der Waals surface area contributed by atoms with Crippen molar-refractivity contribution in [2.45, 2.75) is 181 Å². The maximum Gasteiger partial charge on any atom is 2.00 e. The van der Waals surface area contributed by atoms with Crippen molar-refractivity contribution in [2.24, 2.45) is 4.99 Å². The minimum absolute atomic E-state index is 0. The second-order valence-corrected chi connectivity index (χ2v) is 16.3. The van der Waals surface area contributed by atoms with Crippen LogP contribution in [0.1, 0.15) is 181 Å². The Bertz CT molecular complexity index is 1080. The number of nitrogens with zero attached hydrogens (tertiary/aromatic N) is 1. The Morgan fingerprint density at radius 3 is 1.45 bits per heavy atom. The summed E-state index contributed by atoms with van der Waals surface area (Å²) in [7, 11) is -8.04. The summed E-state index contributed by atoms with van der Waals surface area (Å²) in [4.78, 5) is 15.3. The van der Waals surface area contributed by atoms with Crippen molar-refractivity contribution in [1.82, 2.24) is 5.32 Å². The maximum absolute atomic E-state index is 11.5. The van der Waals surface area contributed by atoms with Crippen molar-refractivity contribution in [3.8, 4) is 0 Å². The number of unbranched alkanes of at least 4 members (excludes halogenated alkanes) is 22. The molecule has 0 bridgehead atoms. The maximum atomic E-state index is 11.5. The molecule has 0 spiro atoms. The monoisotopic (exact) mass is 788 g/mol. The van der Waals surface area contributed by atoms with Crippen molar-refractivity contribution < 1.29 is 35.8 Å². The largest absolute Gasteiger partial charge is 2.00 e. The van der Waals surface area contributed by atoms with Gasteiger partial charge >= 0.3 is 37.7 Å². The van der Waals surface area contributed by atoms with E-state index in [0.29, 0.717) is 25.8 Å². The van der Waals surface area contributed by atoms with Gasteiger partial charge in [0.1, 0.15) is 0 Å². The molecule has 1 amide bonds. The molecule has 0 aliphatic heterocycles. The van der Waals surface area contributed by atoms with Gasteiger partial charge in [-0.3, -0.25) is 9.35 Å². The molecule has 0 aliphatic rings. The molecule has 0 radical (unpaired) electrons. The Morgan fingerprint density at radius 1 is 0.608 bits per heavy atom. The topological polar surface area (TPSA) is 176 Å². The number of carbonyl (C=O) groups is 1. The zero-order chi connectivity index (χ0) is 37.6. The summed E-state index contributed by atoms with van der Waals surface area (Å²) in [5.74, 6) is -1.06. The third-order valence-electron chi connectivity index (χ3n) is 8.18. The van der Waals surface area contributed by atoms with Crippen LogP contribution >= 0.6 is 0 Å². The van der Waals surface area contributed by atoms with Gasteiger partial charge in [0.2, 0.25) is 5.91 Å². The fourth-order valence-corrected chi connectivity index (χ4v) is 6.31. The average Bonchev–Trinajstić information content (AvgIpc) is 3.04. The van der Waals surface area contributed by atoms with Crippen molar-refractivity contribution in [3.63, 3.8) is 0 Å². The molecule has 13 heteroatoms. The van der Waals surface area contributed by atoms with Gasteiger partial charge in [0.25, 0.3) is 10.1 Å². The molecule has 296 valence electrons. The molecule has 0 aromatic heterocycles. The van der Waals surface area contributed by atoms with Crippen molar-refractivity contribution in [1.29, 1.82) is 0 Å². The molecule has 0 saturated heterocycles. The van der Waals surface area contributed by atoms with Gasteiger partial charge in [-0.2, -0.15) is 8.42 Å². The first-order chi connectivity index (χ1) is 23.9. The van der Waals surface area contributed by atoms with Crippen LogP contribution < -0.4 is 10.4 Å². The fraction of sp³-hybridized carbons (Fsp3) is 0.842. The second kappa shape index (κ2) is 40.7. The summed E-state index contributed by atoms with van der Waals surface area (Å²) in [5.41, 5.74) is 0. The van der Waals surface area contributed by atoms with Gasteiger partial charge in [-0.1, -0.05) is 148 Å². The van der Waals surface area contributed by atoms with Crippen LogP contribution in [0.4, 0.5) is 0 Å². The summed E-state index contributed by atoms with van der Waals surface area (Å²) in [5, 5.41) is 14.2. The van der Waals surface area contributed by atoms with E-state index >= 15 is 0 Å². The number of rotatable bonds is 34. The number of aliphatic imine (C=N–C) groups is 1. The molecule has 10 nitrogen and oxygen atoms in total. The SMILES string of the molecule is CCCCCCCCCCCC/C=C/C(=O)NCCCCS(=O)(=O)O.CCCCCCCCCCCC/C=C/C([O-])=NCCCCS(=O)(=O)[O-].[Ca+2]. The molecule has 0 aromatic carbocycles. The van der Waals surface area contributed by atoms with Crippen LogP contribution in [-0.2, 0) is 25.0 Å². The summed E-state index contributed by atoms with van der Waals surface area (Å²) < 4.78 is 60.8. The van der Waals surface area contributed by atoms with Gasteiger partial charge in [-0.15, -0.1) is 0 Å². The first-order valence-corrected chi connectivity index (χ1v) is 22.8. The van der Waals surface area contributed by atoms with Gasteiger partial charge in [0.05, 0.1) is 15.9 Å². The fourth-order valence-electron chi connectivity index (χ4n) is 5.19. The smallest absolute Gasteiger partial charge is 0.859 e. The summed E-state index contributed by atoms with van der Waals surface area (Å²) in [6, 6.07) is 0. The standard InChI is InChI=1S/2C19H37NO4S.Ca/c2*1-2-3-4-5-6-7-8-9-10-11-12-13-16-19(21)20-17-14-15-18-25(22,23)24;/h2*13,16H,2-12,14-15,17-18H2,1H3,(H,20,21)(H,22,23,24);/q;;+2/p-2/b2*16-13+;. The summed E-state index contributed by atoms with van der Waals surface area (Å²) >= 11 is 0. The molecule has 0 rings (SSSR count). The Kier molecular flexibility index (Phi) is 43.7. The predicted molar refractivity (Wildman–Crippen MR) is 212 cm³/mol. The first kappa shape index (κ1) is 54.8. The van der Waals surface area contributed by atoms with E-state index in [4.69, 9.17) is 4.55 Å². The number of amides is 1. The molecule has 0 fully saturated rings. The number of carbonyl (C=O) groups excluding carboxylic acids is 1. The number of nitrogens with one attached hydrogen (secondary N) is 1. The van der Waals surface area contributed by atoms with E-state index < -0.39 is 20.2 Å². The van der Waals surface area contributed by atoms with Crippen LogP contribution in [0.3, 0.4) is 0 Å². The molecule has 2 N–H and O–H groups in total. The van der Waals surface area contributed by atoms with Crippen LogP contribution in [0.25, 0.3) is 0 Å².